The number of hydrogen-bond donors (Lipinski definition) is 3. The van der Waals surface area contributed by atoms with Gasteiger partial charge in [0.15, 0.2) is 0 Å². The molecule has 0 bridgehead atoms. The Kier molecular flexibility index (Phi) is 7.84. The number of methoxy groups -OCH3 is 1. The predicted octanol–water partition coefficient (Wildman–Crippen LogP) is 0.750. The Hall–Kier alpha value is -2.68. The number of amides is 2. The zero-order chi connectivity index (χ0) is 22.4. The molecule has 1 heterocycles. The summed E-state index contributed by atoms with van der Waals surface area (Å²) in [5.74, 6) is -0.374. The van der Waals surface area contributed by atoms with Crippen LogP contribution in [-0.4, -0.2) is 78.6 Å². The minimum Gasteiger partial charge on any atom is -0.486 e. The number of para-hydroxylation sites is 1. The normalized spacial score (nSPS) is 23.8. The van der Waals surface area contributed by atoms with Gasteiger partial charge in [-0.25, -0.2) is 0 Å². The Balaban J connectivity index is 2.00. The summed E-state index contributed by atoms with van der Waals surface area (Å²) in [5.41, 5.74) is 1.23. The lowest BCUT2D eigenvalue weighted by Gasteiger charge is -2.40. The first-order chi connectivity index (χ1) is 15.0. The van der Waals surface area contributed by atoms with Gasteiger partial charge in [-0.05, 0) is 18.6 Å². The molecule has 0 radical (unpaired) electrons. The van der Waals surface area contributed by atoms with Crippen molar-refractivity contribution in [2.75, 3.05) is 33.4 Å². The van der Waals surface area contributed by atoms with E-state index in [1.807, 2.05) is 18.2 Å². The van der Waals surface area contributed by atoms with Crippen molar-refractivity contribution in [1.29, 1.82) is 0 Å². The first-order valence-corrected chi connectivity index (χ1v) is 10.5. The highest BCUT2D eigenvalue weighted by Gasteiger charge is 2.50. The molecule has 1 aliphatic carbocycles. The summed E-state index contributed by atoms with van der Waals surface area (Å²) < 4.78 is 11.2. The summed E-state index contributed by atoms with van der Waals surface area (Å²) in [5, 5.41) is 23.0. The Morgan fingerprint density at radius 2 is 2.13 bits per heavy atom. The van der Waals surface area contributed by atoms with Crippen LogP contribution in [0.3, 0.4) is 0 Å². The minimum atomic E-state index is -1.03. The van der Waals surface area contributed by atoms with E-state index in [4.69, 9.17) is 14.6 Å². The van der Waals surface area contributed by atoms with Gasteiger partial charge in [-0.3, -0.25) is 9.59 Å². The molecule has 0 spiro atoms. The molecule has 1 aromatic carbocycles. The topological polar surface area (TPSA) is 108 Å². The van der Waals surface area contributed by atoms with E-state index in [1.165, 1.54) is 0 Å². The number of rotatable bonds is 10. The van der Waals surface area contributed by atoms with Crippen LogP contribution >= 0.6 is 0 Å². The zero-order valence-electron chi connectivity index (χ0n) is 17.7. The highest BCUT2D eigenvalue weighted by molar-refractivity contribution is 5.96. The maximum absolute atomic E-state index is 13.0. The van der Waals surface area contributed by atoms with Gasteiger partial charge in [0.05, 0.1) is 25.2 Å². The largest absolute Gasteiger partial charge is 0.486 e. The molecule has 8 nitrogen and oxygen atoms in total. The molecule has 8 heteroatoms. The SMILES string of the molecule is C=CCCC(=O)N(CCOC)[C@@H]1C=C(C(=O)NCCO)[C@@H]2c3ccccc3O[C@@H]2[C@H]1O. The fourth-order valence-electron chi connectivity index (χ4n) is 4.19. The second kappa shape index (κ2) is 10.6. The molecule has 0 unspecified atom stereocenters. The van der Waals surface area contributed by atoms with Gasteiger partial charge < -0.3 is 29.9 Å². The van der Waals surface area contributed by atoms with Crippen molar-refractivity contribution in [2.45, 2.75) is 37.0 Å². The van der Waals surface area contributed by atoms with Gasteiger partial charge in [-0.2, -0.15) is 0 Å². The van der Waals surface area contributed by atoms with Crippen molar-refractivity contribution >= 4 is 11.8 Å². The van der Waals surface area contributed by atoms with Crippen molar-refractivity contribution in [3.8, 4) is 5.75 Å². The van der Waals surface area contributed by atoms with Crippen LogP contribution in [0.25, 0.3) is 0 Å². The number of aliphatic hydroxyl groups excluding tert-OH is 2. The Morgan fingerprint density at radius 1 is 1.35 bits per heavy atom. The fourth-order valence-corrected chi connectivity index (χ4v) is 4.19. The summed E-state index contributed by atoms with van der Waals surface area (Å²) >= 11 is 0. The van der Waals surface area contributed by atoms with Gasteiger partial charge in [0, 0.05) is 37.8 Å². The van der Waals surface area contributed by atoms with E-state index in [0.717, 1.165) is 5.56 Å². The lowest BCUT2D eigenvalue weighted by Crippen LogP contribution is -2.56. The molecule has 0 saturated carbocycles. The number of carbonyl (C=O) groups is 2. The lowest BCUT2D eigenvalue weighted by atomic mass is 9.77. The Bertz CT molecular complexity index is 839. The predicted molar refractivity (Wildman–Crippen MR) is 115 cm³/mol. The smallest absolute Gasteiger partial charge is 0.247 e. The number of fused-ring (bicyclic) bond motifs is 3. The fraction of sp³-hybridized carbons (Fsp3) is 0.478. The highest BCUT2D eigenvalue weighted by Crippen LogP contribution is 2.47. The number of nitrogens with zero attached hydrogens (tertiary/aromatic N) is 1. The van der Waals surface area contributed by atoms with Gasteiger partial charge in [-0.15, -0.1) is 6.58 Å². The molecular formula is C23H30N2O6. The summed E-state index contributed by atoms with van der Waals surface area (Å²) in [7, 11) is 1.54. The molecule has 2 amide bonds. The number of allylic oxidation sites excluding steroid dienone is 1. The average molecular weight is 431 g/mol. The van der Waals surface area contributed by atoms with E-state index in [-0.39, 0.29) is 44.5 Å². The molecule has 4 atom stereocenters. The van der Waals surface area contributed by atoms with E-state index < -0.39 is 24.2 Å². The second-order valence-electron chi connectivity index (χ2n) is 7.59. The summed E-state index contributed by atoms with van der Waals surface area (Å²) in [6.45, 7) is 4.13. The summed E-state index contributed by atoms with van der Waals surface area (Å²) in [6.07, 6.45) is 2.33. The number of carbonyl (C=O) groups excluding carboxylic acids is 2. The number of ether oxygens (including phenoxy) is 2. The quantitative estimate of drug-likeness (QED) is 0.473. The van der Waals surface area contributed by atoms with E-state index >= 15 is 0 Å². The molecule has 168 valence electrons. The van der Waals surface area contributed by atoms with Crippen molar-refractivity contribution < 1.29 is 29.3 Å². The van der Waals surface area contributed by atoms with E-state index in [1.54, 1.807) is 30.2 Å². The maximum Gasteiger partial charge on any atom is 0.247 e. The molecular weight excluding hydrogens is 400 g/mol. The summed E-state index contributed by atoms with van der Waals surface area (Å²) in [6, 6.07) is 6.61. The van der Waals surface area contributed by atoms with Crippen LogP contribution in [-0.2, 0) is 14.3 Å². The van der Waals surface area contributed by atoms with Crippen LogP contribution in [0.2, 0.25) is 0 Å². The van der Waals surface area contributed by atoms with Crippen LogP contribution < -0.4 is 10.1 Å². The summed E-state index contributed by atoms with van der Waals surface area (Å²) in [4.78, 5) is 27.4. The molecule has 0 saturated heterocycles. The monoisotopic (exact) mass is 430 g/mol. The van der Waals surface area contributed by atoms with Crippen LogP contribution in [0.4, 0.5) is 0 Å². The standard InChI is InChI=1S/C23H30N2O6/c1-3-4-9-19(27)25(11-13-30-2)17-14-16(23(29)24-10-12-26)20-15-7-5-6-8-18(15)31-22(20)21(17)28/h3,5-8,14,17,20-22,26,28H,1,4,9-13H2,2H3,(H,24,29)/t17-,20+,21+,22+/m1/s1. The first-order valence-electron chi connectivity index (χ1n) is 10.5. The van der Waals surface area contributed by atoms with Gasteiger partial charge in [0.1, 0.15) is 18.0 Å². The Labute approximate surface area is 182 Å². The van der Waals surface area contributed by atoms with Crippen LogP contribution in [0.15, 0.2) is 48.6 Å². The van der Waals surface area contributed by atoms with E-state index in [9.17, 15) is 14.7 Å². The second-order valence-corrected chi connectivity index (χ2v) is 7.59. The van der Waals surface area contributed by atoms with Crippen LogP contribution in [0.5, 0.6) is 5.75 Å². The van der Waals surface area contributed by atoms with Crippen molar-refractivity contribution in [1.82, 2.24) is 10.2 Å². The van der Waals surface area contributed by atoms with Gasteiger partial charge in [-0.1, -0.05) is 24.3 Å². The molecule has 31 heavy (non-hydrogen) atoms. The number of nitrogens with one attached hydrogen (secondary N) is 1. The van der Waals surface area contributed by atoms with E-state index in [2.05, 4.69) is 11.9 Å². The van der Waals surface area contributed by atoms with Crippen molar-refractivity contribution in [2.24, 2.45) is 0 Å². The average Bonchev–Trinajstić information content (AvgIpc) is 3.17. The number of benzene rings is 1. The molecule has 1 aliphatic heterocycles. The van der Waals surface area contributed by atoms with Crippen molar-refractivity contribution in [3.63, 3.8) is 0 Å². The van der Waals surface area contributed by atoms with Gasteiger partial charge in [0.25, 0.3) is 0 Å². The number of aliphatic hydroxyl groups is 2. The molecule has 2 aliphatic rings. The molecule has 1 aromatic rings. The van der Waals surface area contributed by atoms with Gasteiger partial charge >= 0.3 is 0 Å². The third-order valence-electron chi connectivity index (χ3n) is 5.66. The Morgan fingerprint density at radius 3 is 2.84 bits per heavy atom. The first kappa shape index (κ1) is 23.0. The van der Waals surface area contributed by atoms with Crippen LogP contribution in [0.1, 0.15) is 24.3 Å². The zero-order valence-corrected chi connectivity index (χ0v) is 17.7. The maximum atomic E-state index is 13.0. The molecule has 0 aromatic heterocycles. The van der Waals surface area contributed by atoms with E-state index in [0.29, 0.717) is 17.7 Å². The third-order valence-corrected chi connectivity index (χ3v) is 5.66. The van der Waals surface area contributed by atoms with Crippen LogP contribution in [0, 0.1) is 0 Å². The third kappa shape index (κ3) is 4.81. The number of hydrogen-bond acceptors (Lipinski definition) is 6. The molecule has 0 fully saturated rings. The van der Waals surface area contributed by atoms with Crippen molar-refractivity contribution in [3.05, 3.63) is 54.1 Å². The minimum absolute atomic E-state index is 0.106. The molecule has 3 rings (SSSR count). The lowest BCUT2D eigenvalue weighted by molar-refractivity contribution is -0.138. The highest BCUT2D eigenvalue weighted by atomic mass is 16.5. The van der Waals surface area contributed by atoms with Gasteiger partial charge in [0.2, 0.25) is 11.8 Å². The molecule has 3 N–H and O–H groups in total.